The highest BCUT2D eigenvalue weighted by Crippen LogP contribution is 2.43. The van der Waals surface area contributed by atoms with Gasteiger partial charge in [0.25, 0.3) is 0 Å². The molecule has 0 aliphatic rings. The van der Waals surface area contributed by atoms with Crippen LogP contribution in [0.25, 0.3) is 0 Å². The number of hydrogen-bond donors (Lipinski definition) is 4. The first-order valence-corrected chi connectivity index (χ1v) is 24.4. The Morgan fingerprint density at radius 3 is 1.51 bits per heavy atom. The maximum Gasteiger partial charge on any atom is 0.472 e. The molecule has 0 bridgehead atoms. The fraction of sp³-hybridized carbons (Fsp3) is 0.762. The molecule has 0 spiro atoms. The maximum absolute atomic E-state index is 12.6. The van der Waals surface area contributed by atoms with Crippen molar-refractivity contribution in [3.63, 3.8) is 0 Å². The van der Waals surface area contributed by atoms with Gasteiger partial charge in [-0.3, -0.25) is 23.2 Å². The smallest absolute Gasteiger partial charge is 0.462 e. The quantitative estimate of drug-likeness (QED) is 0.0197. The minimum absolute atomic E-state index is 0.121. The number of aliphatic hydroxyl groups is 1. The predicted molar refractivity (Wildman–Crippen MR) is 225 cm³/mol. The summed E-state index contributed by atoms with van der Waals surface area (Å²) in [5.41, 5.74) is 0. The molecule has 0 aliphatic heterocycles. The number of unbranched alkanes of at least 4 members (excludes halogenated alkanes) is 16. The third kappa shape index (κ3) is 42.0. The number of ether oxygens (including phenoxy) is 2. The van der Waals surface area contributed by atoms with Crippen LogP contribution in [0, 0.1) is 0 Å². The lowest BCUT2D eigenvalue weighted by Crippen LogP contribution is -2.30. The van der Waals surface area contributed by atoms with Crippen LogP contribution in [0.4, 0.5) is 0 Å². The summed E-state index contributed by atoms with van der Waals surface area (Å²) in [5, 5.41) is 9.74. The Bertz CT molecular complexity index is 1200. The zero-order chi connectivity index (χ0) is 42.3. The number of rotatable bonds is 40. The van der Waals surface area contributed by atoms with E-state index in [9.17, 15) is 28.7 Å². The lowest BCUT2D eigenvalue weighted by atomic mass is 10.1. The van der Waals surface area contributed by atoms with Crippen molar-refractivity contribution in [2.45, 2.75) is 180 Å². The molecule has 0 fully saturated rings. The van der Waals surface area contributed by atoms with Gasteiger partial charge in [0.05, 0.1) is 19.8 Å². The highest BCUT2D eigenvalue weighted by Gasteiger charge is 2.28. The molecule has 4 N–H and O–H groups in total. The molecule has 0 radical (unpaired) electrons. The number of carbonyl (C=O) groups excluding carboxylic acids is 2. The second-order valence-corrected chi connectivity index (χ2v) is 16.9. The third-order valence-corrected chi connectivity index (χ3v) is 10.1. The predicted octanol–water partition coefficient (Wildman–Crippen LogP) is 10.7. The zero-order valence-corrected chi connectivity index (χ0v) is 36.7. The van der Waals surface area contributed by atoms with Gasteiger partial charge in [-0.25, -0.2) is 9.13 Å². The van der Waals surface area contributed by atoms with Crippen molar-refractivity contribution >= 4 is 27.6 Å². The average molecular weight is 851 g/mol. The summed E-state index contributed by atoms with van der Waals surface area (Å²) < 4.78 is 47.7. The number of aliphatic hydroxyl groups excluding tert-OH is 1. The number of esters is 2. The average Bonchev–Trinajstić information content (AvgIpc) is 3.17. The van der Waals surface area contributed by atoms with Crippen molar-refractivity contribution < 1.29 is 61.6 Å². The monoisotopic (exact) mass is 850 g/mol. The standard InChI is InChI=1S/C42H76O13P2/c1-3-5-7-9-11-13-15-17-19-21-23-25-27-29-31-33-41(44)51-37-40(38-54-57(49,50)53-36-39(43)35-52-56(46,47)48)55-42(45)34-32-30-28-26-24-22-20-18-16-14-12-10-8-6-4-2/h5,7,11,13-14,16-17,19,39-40,43H,3-4,6,8-10,12,15,18,20-38H2,1-2H3,(H,49,50)(H2,46,47,48). The van der Waals surface area contributed by atoms with Crippen molar-refractivity contribution in [2.24, 2.45) is 0 Å². The topological polar surface area (TPSA) is 195 Å². The van der Waals surface area contributed by atoms with Crippen LogP contribution >= 0.6 is 15.6 Å². The van der Waals surface area contributed by atoms with Crippen molar-refractivity contribution in [1.82, 2.24) is 0 Å². The minimum Gasteiger partial charge on any atom is -0.462 e. The van der Waals surface area contributed by atoms with E-state index in [1.165, 1.54) is 44.9 Å². The van der Waals surface area contributed by atoms with Crippen LogP contribution in [0.2, 0.25) is 0 Å². The molecule has 57 heavy (non-hydrogen) atoms. The Morgan fingerprint density at radius 1 is 0.526 bits per heavy atom. The molecule has 0 aliphatic carbocycles. The van der Waals surface area contributed by atoms with Crippen LogP contribution in [0.1, 0.15) is 168 Å². The summed E-state index contributed by atoms with van der Waals surface area (Å²) in [4.78, 5) is 52.6. The summed E-state index contributed by atoms with van der Waals surface area (Å²) in [6.07, 6.45) is 38.1. The molecule has 15 heteroatoms. The van der Waals surface area contributed by atoms with Gasteiger partial charge in [-0.2, -0.15) is 0 Å². The Hall–Kier alpha value is -1.92. The molecular weight excluding hydrogens is 774 g/mol. The molecule has 3 unspecified atom stereocenters. The summed E-state index contributed by atoms with van der Waals surface area (Å²) >= 11 is 0. The molecular formula is C42H76O13P2. The van der Waals surface area contributed by atoms with Gasteiger partial charge < -0.3 is 29.3 Å². The van der Waals surface area contributed by atoms with E-state index in [0.29, 0.717) is 12.8 Å². The van der Waals surface area contributed by atoms with Crippen molar-refractivity contribution in [3.05, 3.63) is 48.6 Å². The zero-order valence-electron chi connectivity index (χ0n) is 34.9. The van der Waals surface area contributed by atoms with Gasteiger partial charge in [0, 0.05) is 12.8 Å². The fourth-order valence-electron chi connectivity index (χ4n) is 5.47. The van der Waals surface area contributed by atoms with Gasteiger partial charge in [-0.05, 0) is 70.6 Å². The SMILES string of the molecule is CCC=CCC=CCC=CCCCCCCCC(=O)OCC(COP(=O)(O)OCC(O)COP(=O)(O)O)OC(=O)CCCCCCCCCC=CCCCCCC. The number of hydrogen-bond acceptors (Lipinski definition) is 10. The highest BCUT2D eigenvalue weighted by molar-refractivity contribution is 7.47. The van der Waals surface area contributed by atoms with Crippen molar-refractivity contribution in [1.29, 1.82) is 0 Å². The Labute approximate surface area is 343 Å². The summed E-state index contributed by atoms with van der Waals surface area (Å²) in [6.45, 7) is 1.61. The third-order valence-electron chi connectivity index (χ3n) is 8.69. The van der Waals surface area contributed by atoms with E-state index in [-0.39, 0.29) is 12.8 Å². The van der Waals surface area contributed by atoms with Crippen LogP contribution in [-0.2, 0) is 41.8 Å². The van der Waals surface area contributed by atoms with E-state index in [1.54, 1.807) is 0 Å². The molecule has 0 heterocycles. The number of allylic oxidation sites excluding steroid dienone is 8. The first-order valence-electron chi connectivity index (χ1n) is 21.3. The van der Waals surface area contributed by atoms with E-state index in [4.69, 9.17) is 23.8 Å². The van der Waals surface area contributed by atoms with Gasteiger partial charge in [0.1, 0.15) is 12.7 Å². The molecule has 0 rings (SSSR count). The first-order chi connectivity index (χ1) is 27.4. The Kier molecular flexibility index (Phi) is 37.0. The molecule has 0 aromatic rings. The fourth-order valence-corrected chi connectivity index (χ4v) is 6.63. The second kappa shape index (κ2) is 38.3. The summed E-state index contributed by atoms with van der Waals surface area (Å²) in [7, 11) is -9.67. The largest absolute Gasteiger partial charge is 0.472 e. The molecule has 0 saturated heterocycles. The number of phosphoric acid groups is 2. The van der Waals surface area contributed by atoms with Crippen LogP contribution in [0.15, 0.2) is 48.6 Å². The minimum atomic E-state index is -4.86. The molecule has 13 nitrogen and oxygen atoms in total. The van der Waals surface area contributed by atoms with E-state index >= 15 is 0 Å². The molecule has 3 atom stereocenters. The van der Waals surface area contributed by atoms with E-state index in [2.05, 4.69) is 71.5 Å². The van der Waals surface area contributed by atoms with E-state index < -0.39 is 66.2 Å². The van der Waals surface area contributed by atoms with Gasteiger partial charge in [-0.15, -0.1) is 0 Å². The number of phosphoric ester groups is 2. The van der Waals surface area contributed by atoms with Gasteiger partial charge in [-0.1, -0.05) is 133 Å². The van der Waals surface area contributed by atoms with Crippen LogP contribution < -0.4 is 0 Å². The summed E-state index contributed by atoms with van der Waals surface area (Å²) in [6, 6.07) is 0. The number of carbonyl (C=O) groups is 2. The van der Waals surface area contributed by atoms with E-state index in [1.807, 2.05) is 0 Å². The van der Waals surface area contributed by atoms with Crippen molar-refractivity contribution in [2.75, 3.05) is 26.4 Å². The van der Waals surface area contributed by atoms with Crippen molar-refractivity contribution in [3.8, 4) is 0 Å². The molecule has 0 aromatic heterocycles. The lowest BCUT2D eigenvalue weighted by molar-refractivity contribution is -0.161. The van der Waals surface area contributed by atoms with Gasteiger partial charge >= 0.3 is 27.6 Å². The normalized spacial score (nSPS) is 14.6. The lowest BCUT2D eigenvalue weighted by Gasteiger charge is -2.20. The summed E-state index contributed by atoms with van der Waals surface area (Å²) in [5.74, 6) is -1.06. The Balaban J connectivity index is 4.56. The maximum atomic E-state index is 12.6. The van der Waals surface area contributed by atoms with E-state index in [0.717, 1.165) is 83.5 Å². The second-order valence-electron chi connectivity index (χ2n) is 14.2. The molecule has 0 saturated carbocycles. The molecule has 0 amide bonds. The van der Waals surface area contributed by atoms with Crippen LogP contribution in [-0.4, -0.2) is 70.4 Å². The highest BCUT2D eigenvalue weighted by atomic mass is 31.2. The van der Waals surface area contributed by atoms with Crippen LogP contribution in [0.3, 0.4) is 0 Å². The molecule has 332 valence electrons. The van der Waals surface area contributed by atoms with Crippen LogP contribution in [0.5, 0.6) is 0 Å². The Morgan fingerprint density at radius 2 is 0.965 bits per heavy atom. The molecule has 0 aromatic carbocycles. The first kappa shape index (κ1) is 55.1. The van der Waals surface area contributed by atoms with Gasteiger partial charge in [0.15, 0.2) is 6.10 Å². The van der Waals surface area contributed by atoms with Gasteiger partial charge in [0.2, 0.25) is 0 Å².